The van der Waals surface area contributed by atoms with Gasteiger partial charge in [0, 0.05) is 5.56 Å². The number of benzene rings is 1. The highest BCUT2D eigenvalue weighted by molar-refractivity contribution is 5.51. The fraction of sp³-hybridized carbons (Fsp3) is 0.500. The van der Waals surface area contributed by atoms with Crippen molar-refractivity contribution in [3.05, 3.63) is 36.0 Å². The summed E-state index contributed by atoms with van der Waals surface area (Å²) >= 11 is 0. The molecule has 2 aromatic rings. The van der Waals surface area contributed by atoms with Gasteiger partial charge in [-0.25, -0.2) is 9.67 Å². The SMILES string of the molecule is CC(C)(C)N=c1oc(-c2ccccc2)nn1C(C)(C)C. The first-order valence-corrected chi connectivity index (χ1v) is 6.89. The lowest BCUT2D eigenvalue weighted by Crippen LogP contribution is -2.34. The summed E-state index contributed by atoms with van der Waals surface area (Å²) in [6.07, 6.45) is 0. The molecule has 108 valence electrons. The van der Waals surface area contributed by atoms with Gasteiger partial charge in [-0.05, 0) is 53.7 Å². The zero-order chi connectivity index (χ0) is 15.0. The molecule has 2 rings (SSSR count). The van der Waals surface area contributed by atoms with E-state index in [0.29, 0.717) is 11.6 Å². The van der Waals surface area contributed by atoms with Crippen LogP contribution in [0.5, 0.6) is 0 Å². The van der Waals surface area contributed by atoms with E-state index in [1.165, 1.54) is 0 Å². The highest BCUT2D eigenvalue weighted by Crippen LogP contribution is 2.18. The Kier molecular flexibility index (Phi) is 3.59. The van der Waals surface area contributed by atoms with E-state index in [0.717, 1.165) is 5.56 Å². The maximum absolute atomic E-state index is 5.89. The maximum atomic E-state index is 5.89. The fourth-order valence-electron chi connectivity index (χ4n) is 1.78. The monoisotopic (exact) mass is 273 g/mol. The molecule has 1 heterocycles. The molecule has 0 aliphatic carbocycles. The van der Waals surface area contributed by atoms with Crippen molar-refractivity contribution < 1.29 is 4.42 Å². The summed E-state index contributed by atoms with van der Waals surface area (Å²) in [5.41, 5.74) is 1.13. The second-order valence-corrected chi connectivity index (χ2v) is 6.92. The summed E-state index contributed by atoms with van der Waals surface area (Å²) in [5, 5.41) is 4.59. The van der Waals surface area contributed by atoms with Crippen LogP contribution in [-0.2, 0) is 5.54 Å². The van der Waals surface area contributed by atoms with Crippen LogP contribution in [0.15, 0.2) is 39.7 Å². The third kappa shape index (κ3) is 3.38. The topological polar surface area (TPSA) is 43.3 Å². The smallest absolute Gasteiger partial charge is 0.316 e. The standard InChI is InChI=1S/C16H23N3O/c1-15(2,3)17-14-19(16(4,5)6)18-13(20-14)12-10-8-7-9-11-12/h7-11H,1-6H3. The molecule has 1 aromatic carbocycles. The summed E-state index contributed by atoms with van der Waals surface area (Å²) < 4.78 is 7.74. The minimum Gasteiger partial charge on any atom is -0.403 e. The van der Waals surface area contributed by atoms with Gasteiger partial charge in [-0.2, -0.15) is 0 Å². The van der Waals surface area contributed by atoms with Crippen LogP contribution >= 0.6 is 0 Å². The van der Waals surface area contributed by atoms with Gasteiger partial charge in [0.1, 0.15) is 0 Å². The Hall–Kier alpha value is -1.84. The van der Waals surface area contributed by atoms with E-state index < -0.39 is 0 Å². The van der Waals surface area contributed by atoms with E-state index >= 15 is 0 Å². The van der Waals surface area contributed by atoms with E-state index in [-0.39, 0.29) is 11.1 Å². The largest absolute Gasteiger partial charge is 0.403 e. The normalized spacial score (nSPS) is 13.8. The number of hydrogen-bond acceptors (Lipinski definition) is 3. The molecule has 4 heteroatoms. The number of nitrogens with zero attached hydrogens (tertiary/aromatic N) is 3. The van der Waals surface area contributed by atoms with Crippen molar-refractivity contribution in [3.8, 4) is 11.5 Å². The van der Waals surface area contributed by atoms with Gasteiger partial charge in [-0.1, -0.05) is 18.2 Å². The average Bonchev–Trinajstić information content (AvgIpc) is 2.71. The average molecular weight is 273 g/mol. The molecule has 0 spiro atoms. The lowest BCUT2D eigenvalue weighted by atomic mass is 10.1. The van der Waals surface area contributed by atoms with Crippen LogP contribution in [0.4, 0.5) is 0 Å². The molecule has 0 bridgehead atoms. The Balaban J connectivity index is 2.63. The highest BCUT2D eigenvalue weighted by Gasteiger charge is 2.21. The van der Waals surface area contributed by atoms with Crippen molar-refractivity contribution in [2.24, 2.45) is 4.99 Å². The molecule has 0 fully saturated rings. The fourth-order valence-corrected chi connectivity index (χ4v) is 1.78. The molecular formula is C16H23N3O. The zero-order valence-electron chi connectivity index (χ0n) is 13.1. The lowest BCUT2D eigenvalue weighted by molar-refractivity contribution is 0.308. The first kappa shape index (κ1) is 14.6. The van der Waals surface area contributed by atoms with E-state index in [4.69, 9.17) is 4.42 Å². The van der Waals surface area contributed by atoms with E-state index in [9.17, 15) is 0 Å². The molecule has 0 atom stereocenters. The second kappa shape index (κ2) is 4.93. The van der Waals surface area contributed by atoms with Crippen LogP contribution in [0.25, 0.3) is 11.5 Å². The van der Waals surface area contributed by atoms with E-state index in [1.807, 2.05) is 55.8 Å². The number of hydrogen-bond donors (Lipinski definition) is 0. The van der Waals surface area contributed by atoms with Crippen LogP contribution in [-0.4, -0.2) is 15.3 Å². The van der Waals surface area contributed by atoms with Gasteiger partial charge >= 0.3 is 5.68 Å². The molecular weight excluding hydrogens is 250 g/mol. The van der Waals surface area contributed by atoms with Crippen molar-refractivity contribution in [3.63, 3.8) is 0 Å². The molecule has 0 aliphatic heterocycles. The van der Waals surface area contributed by atoms with E-state index in [1.54, 1.807) is 0 Å². The molecule has 0 saturated carbocycles. The van der Waals surface area contributed by atoms with Gasteiger partial charge in [0.05, 0.1) is 11.1 Å². The first-order valence-electron chi connectivity index (χ1n) is 6.89. The Morgan fingerprint density at radius 2 is 1.60 bits per heavy atom. The molecule has 0 radical (unpaired) electrons. The molecule has 0 amide bonds. The predicted molar refractivity (Wildman–Crippen MR) is 80.2 cm³/mol. The molecule has 0 saturated heterocycles. The van der Waals surface area contributed by atoms with Gasteiger partial charge in [-0.15, -0.1) is 5.10 Å². The highest BCUT2D eigenvalue weighted by atomic mass is 16.4. The second-order valence-electron chi connectivity index (χ2n) is 6.92. The Bertz CT molecular complexity index is 637. The molecule has 20 heavy (non-hydrogen) atoms. The summed E-state index contributed by atoms with van der Waals surface area (Å²) in [6.45, 7) is 12.4. The van der Waals surface area contributed by atoms with Crippen LogP contribution in [0, 0.1) is 0 Å². The van der Waals surface area contributed by atoms with Crippen LogP contribution in [0.1, 0.15) is 41.5 Å². The third-order valence-corrected chi connectivity index (χ3v) is 2.65. The molecule has 1 aromatic heterocycles. The van der Waals surface area contributed by atoms with Gasteiger partial charge in [0.25, 0.3) is 0 Å². The summed E-state index contributed by atoms with van der Waals surface area (Å²) in [6, 6.07) is 9.90. The van der Waals surface area contributed by atoms with Crippen molar-refractivity contribution in [1.82, 2.24) is 9.78 Å². The van der Waals surface area contributed by atoms with Crippen LogP contribution in [0.2, 0.25) is 0 Å². The summed E-state index contributed by atoms with van der Waals surface area (Å²) in [4.78, 5) is 4.64. The molecule has 0 aliphatic rings. The van der Waals surface area contributed by atoms with Crippen LogP contribution < -0.4 is 5.68 Å². The predicted octanol–water partition coefficient (Wildman–Crippen LogP) is 3.60. The minimum absolute atomic E-state index is 0.180. The van der Waals surface area contributed by atoms with Gasteiger partial charge in [0.15, 0.2) is 0 Å². The van der Waals surface area contributed by atoms with Gasteiger partial charge in [0.2, 0.25) is 5.89 Å². The zero-order valence-corrected chi connectivity index (χ0v) is 13.1. The summed E-state index contributed by atoms with van der Waals surface area (Å²) in [7, 11) is 0. The maximum Gasteiger partial charge on any atom is 0.316 e. The Labute approximate surface area is 120 Å². The quantitative estimate of drug-likeness (QED) is 0.796. The number of rotatable bonds is 1. The Morgan fingerprint density at radius 1 is 1.00 bits per heavy atom. The van der Waals surface area contributed by atoms with Crippen molar-refractivity contribution >= 4 is 0 Å². The van der Waals surface area contributed by atoms with Crippen LogP contribution in [0.3, 0.4) is 0 Å². The van der Waals surface area contributed by atoms with Crippen molar-refractivity contribution in [1.29, 1.82) is 0 Å². The third-order valence-electron chi connectivity index (χ3n) is 2.65. The molecule has 0 N–H and O–H groups in total. The first-order chi connectivity index (χ1) is 9.17. The lowest BCUT2D eigenvalue weighted by Gasteiger charge is -2.18. The van der Waals surface area contributed by atoms with E-state index in [2.05, 4.69) is 30.9 Å². The Morgan fingerprint density at radius 3 is 2.10 bits per heavy atom. The number of aromatic nitrogens is 2. The molecule has 4 nitrogen and oxygen atoms in total. The van der Waals surface area contributed by atoms with Crippen molar-refractivity contribution in [2.75, 3.05) is 0 Å². The summed E-state index contributed by atoms with van der Waals surface area (Å²) in [5.74, 6) is 0.600. The minimum atomic E-state index is -0.208. The van der Waals surface area contributed by atoms with Gasteiger partial charge < -0.3 is 4.42 Å². The van der Waals surface area contributed by atoms with Crippen molar-refractivity contribution in [2.45, 2.75) is 52.6 Å². The van der Waals surface area contributed by atoms with Gasteiger partial charge in [-0.3, -0.25) is 0 Å². The molecule has 0 unspecified atom stereocenters.